The predicted molar refractivity (Wildman–Crippen MR) is 120 cm³/mol. The number of carboxylic acids is 1. The molecule has 0 heterocycles. The van der Waals surface area contributed by atoms with Crippen molar-refractivity contribution in [1.29, 1.82) is 0 Å². The van der Waals surface area contributed by atoms with Gasteiger partial charge in [0.15, 0.2) is 0 Å². The summed E-state index contributed by atoms with van der Waals surface area (Å²) >= 11 is 0. The second-order valence-corrected chi connectivity index (χ2v) is 8.67. The number of carboxylic acid groups (broad SMARTS) is 1. The van der Waals surface area contributed by atoms with Crippen LogP contribution in [0.1, 0.15) is 42.7 Å². The van der Waals surface area contributed by atoms with Gasteiger partial charge in [0.05, 0.1) is 0 Å². The van der Waals surface area contributed by atoms with Gasteiger partial charge in [0.2, 0.25) is 5.91 Å². The third-order valence-electron chi connectivity index (χ3n) is 6.28. The van der Waals surface area contributed by atoms with Gasteiger partial charge in [-0.15, -0.1) is 0 Å². The van der Waals surface area contributed by atoms with Gasteiger partial charge < -0.3 is 20.5 Å². The summed E-state index contributed by atoms with van der Waals surface area (Å²) in [5.41, 5.74) is 4.43. The fourth-order valence-electron chi connectivity index (χ4n) is 4.40. The van der Waals surface area contributed by atoms with E-state index in [1.165, 1.54) is 0 Å². The first-order valence-corrected chi connectivity index (χ1v) is 11.3. The van der Waals surface area contributed by atoms with Crippen LogP contribution < -0.4 is 10.6 Å². The van der Waals surface area contributed by atoms with Crippen LogP contribution in [-0.4, -0.2) is 48.2 Å². The van der Waals surface area contributed by atoms with Crippen LogP contribution in [0.25, 0.3) is 11.1 Å². The quantitative estimate of drug-likeness (QED) is 0.455. The van der Waals surface area contributed by atoms with Crippen LogP contribution in [0.5, 0.6) is 0 Å². The standard InChI is InChI=1S/C25H26F2N2O5/c26-25(27,23(31)32)22(15-11-12-15)29-21(30)10-5-13-28-24(33)34-14-20-18-8-3-1-6-16(18)17-7-2-4-9-19(17)20/h1-4,6-9,15,20,22H,5,10-14H2,(H,28,33)(H,29,30)(H,31,32). The summed E-state index contributed by atoms with van der Waals surface area (Å²) in [6.45, 7) is 0.279. The summed E-state index contributed by atoms with van der Waals surface area (Å²) in [6, 6.07) is 14.2. The van der Waals surface area contributed by atoms with Crippen LogP contribution in [0.15, 0.2) is 48.5 Å². The van der Waals surface area contributed by atoms with Crippen LogP contribution in [0.4, 0.5) is 13.6 Å². The largest absolute Gasteiger partial charge is 0.477 e. The minimum Gasteiger partial charge on any atom is -0.477 e. The lowest BCUT2D eigenvalue weighted by Crippen LogP contribution is -2.53. The van der Waals surface area contributed by atoms with E-state index in [1.807, 2.05) is 48.5 Å². The van der Waals surface area contributed by atoms with Crippen molar-refractivity contribution < 1.29 is 33.0 Å². The van der Waals surface area contributed by atoms with E-state index in [9.17, 15) is 23.2 Å². The molecular weight excluding hydrogens is 446 g/mol. The SMILES string of the molecule is O=C(CCCNC(=O)OCC1c2ccccc2-c2ccccc21)NC(C1CC1)C(F)(F)C(=O)O. The number of nitrogens with one attached hydrogen (secondary N) is 2. The molecule has 1 saturated carbocycles. The molecule has 34 heavy (non-hydrogen) atoms. The summed E-state index contributed by atoms with van der Waals surface area (Å²) in [7, 11) is 0. The third kappa shape index (κ3) is 5.03. The van der Waals surface area contributed by atoms with Crippen LogP contribution >= 0.6 is 0 Å². The first kappa shape index (κ1) is 23.7. The first-order valence-electron chi connectivity index (χ1n) is 11.3. The number of benzene rings is 2. The zero-order chi connectivity index (χ0) is 24.3. The molecule has 2 aromatic carbocycles. The molecule has 2 amide bonds. The predicted octanol–water partition coefficient (Wildman–Crippen LogP) is 3.92. The molecule has 4 rings (SSSR count). The van der Waals surface area contributed by atoms with E-state index in [-0.39, 0.29) is 31.9 Å². The van der Waals surface area contributed by atoms with E-state index in [0.717, 1.165) is 22.3 Å². The second kappa shape index (κ2) is 9.79. The minimum absolute atomic E-state index is 0.0702. The zero-order valence-corrected chi connectivity index (χ0v) is 18.4. The van der Waals surface area contributed by atoms with Crippen LogP contribution in [0, 0.1) is 5.92 Å². The molecule has 0 bridgehead atoms. The third-order valence-corrected chi connectivity index (χ3v) is 6.28. The maximum atomic E-state index is 13.9. The average Bonchev–Trinajstić information content (AvgIpc) is 3.61. The minimum atomic E-state index is -4.02. The normalized spacial score (nSPS) is 15.7. The maximum Gasteiger partial charge on any atom is 0.407 e. The molecule has 1 atom stereocenters. The number of amides is 2. The van der Waals surface area contributed by atoms with Gasteiger partial charge >= 0.3 is 18.0 Å². The summed E-state index contributed by atoms with van der Waals surface area (Å²) in [4.78, 5) is 35.0. The zero-order valence-electron chi connectivity index (χ0n) is 18.4. The Labute approximate surface area is 195 Å². The van der Waals surface area contributed by atoms with Gasteiger partial charge in [0.1, 0.15) is 12.6 Å². The topological polar surface area (TPSA) is 105 Å². The Morgan fingerprint density at radius 3 is 2.18 bits per heavy atom. The van der Waals surface area contributed by atoms with Gasteiger partial charge in [-0.3, -0.25) is 4.79 Å². The fourth-order valence-corrected chi connectivity index (χ4v) is 4.40. The van der Waals surface area contributed by atoms with Gasteiger partial charge in [-0.25, -0.2) is 9.59 Å². The number of aliphatic carboxylic acids is 1. The highest BCUT2D eigenvalue weighted by Gasteiger charge is 2.54. The molecule has 0 radical (unpaired) electrons. The molecule has 2 aliphatic rings. The highest BCUT2D eigenvalue weighted by Crippen LogP contribution is 2.44. The van der Waals surface area contributed by atoms with Crippen molar-refractivity contribution >= 4 is 18.0 Å². The van der Waals surface area contributed by atoms with Gasteiger partial charge in [-0.1, -0.05) is 48.5 Å². The van der Waals surface area contributed by atoms with Gasteiger partial charge in [0.25, 0.3) is 0 Å². The van der Waals surface area contributed by atoms with Crippen molar-refractivity contribution in [3.63, 3.8) is 0 Å². The molecule has 0 aromatic heterocycles. The molecule has 0 saturated heterocycles. The number of carbonyl (C=O) groups excluding carboxylic acids is 2. The van der Waals surface area contributed by atoms with E-state index in [4.69, 9.17) is 9.84 Å². The number of ether oxygens (including phenoxy) is 1. The van der Waals surface area contributed by atoms with Crippen molar-refractivity contribution in [3.05, 3.63) is 59.7 Å². The van der Waals surface area contributed by atoms with Gasteiger partial charge in [0, 0.05) is 18.9 Å². The molecule has 0 spiro atoms. The van der Waals surface area contributed by atoms with Gasteiger partial charge in [-0.05, 0) is 47.4 Å². The molecule has 9 heteroatoms. The summed E-state index contributed by atoms with van der Waals surface area (Å²) in [5, 5.41) is 13.5. The van der Waals surface area contributed by atoms with Crippen LogP contribution in [-0.2, 0) is 14.3 Å². The Hall–Kier alpha value is -3.49. The summed E-state index contributed by atoms with van der Waals surface area (Å²) in [5.74, 6) is -7.54. The molecular formula is C25H26F2N2O5. The van der Waals surface area contributed by atoms with Crippen molar-refractivity contribution in [2.45, 2.75) is 43.6 Å². The van der Waals surface area contributed by atoms with Crippen molar-refractivity contribution in [3.8, 4) is 11.1 Å². The van der Waals surface area contributed by atoms with Crippen molar-refractivity contribution in [2.24, 2.45) is 5.92 Å². The molecule has 3 N–H and O–H groups in total. The Balaban J connectivity index is 1.21. The Kier molecular flexibility index (Phi) is 6.81. The van der Waals surface area contributed by atoms with Crippen molar-refractivity contribution in [2.75, 3.05) is 13.2 Å². The van der Waals surface area contributed by atoms with Crippen LogP contribution in [0.2, 0.25) is 0 Å². The summed E-state index contributed by atoms with van der Waals surface area (Å²) < 4.78 is 33.1. The van der Waals surface area contributed by atoms with E-state index in [0.29, 0.717) is 12.8 Å². The Morgan fingerprint density at radius 1 is 1.03 bits per heavy atom. The number of halogens is 2. The van der Waals surface area contributed by atoms with E-state index in [2.05, 4.69) is 10.6 Å². The lowest BCUT2D eigenvalue weighted by Gasteiger charge is -2.24. The number of hydrogen-bond donors (Lipinski definition) is 3. The molecule has 1 fully saturated rings. The Morgan fingerprint density at radius 2 is 1.62 bits per heavy atom. The molecule has 2 aliphatic carbocycles. The van der Waals surface area contributed by atoms with E-state index < -0.39 is 35.9 Å². The lowest BCUT2D eigenvalue weighted by molar-refractivity contribution is -0.171. The van der Waals surface area contributed by atoms with E-state index >= 15 is 0 Å². The maximum absolute atomic E-state index is 13.9. The first-order chi connectivity index (χ1) is 16.3. The smallest absolute Gasteiger partial charge is 0.407 e. The van der Waals surface area contributed by atoms with Crippen LogP contribution in [0.3, 0.4) is 0 Å². The van der Waals surface area contributed by atoms with Gasteiger partial charge in [-0.2, -0.15) is 8.78 Å². The number of alkyl carbamates (subject to hydrolysis) is 1. The number of fused-ring (bicyclic) bond motifs is 3. The van der Waals surface area contributed by atoms with Crippen molar-refractivity contribution in [1.82, 2.24) is 10.6 Å². The molecule has 7 nitrogen and oxygen atoms in total. The number of carbonyl (C=O) groups is 3. The fraction of sp³-hybridized carbons (Fsp3) is 0.400. The lowest BCUT2D eigenvalue weighted by atomic mass is 9.98. The van der Waals surface area contributed by atoms with E-state index in [1.54, 1.807) is 0 Å². The molecule has 1 unspecified atom stereocenters. The summed E-state index contributed by atoms with van der Waals surface area (Å²) in [6.07, 6.45) is 0.360. The number of hydrogen-bond acceptors (Lipinski definition) is 4. The number of rotatable bonds is 10. The Bertz CT molecular complexity index is 1040. The molecule has 180 valence electrons. The highest BCUT2D eigenvalue weighted by molar-refractivity contribution is 5.81. The molecule has 2 aromatic rings. The second-order valence-electron chi connectivity index (χ2n) is 8.67. The average molecular weight is 472 g/mol. The number of alkyl halides is 2. The highest BCUT2D eigenvalue weighted by atomic mass is 19.3. The molecule has 0 aliphatic heterocycles. The monoisotopic (exact) mass is 472 g/mol.